The van der Waals surface area contributed by atoms with Crippen molar-refractivity contribution in [2.75, 3.05) is 6.61 Å². The first-order valence-corrected chi connectivity index (χ1v) is 3.54. The van der Waals surface area contributed by atoms with Gasteiger partial charge in [-0.3, -0.25) is 0 Å². The van der Waals surface area contributed by atoms with Crippen LogP contribution < -0.4 is 5.11 Å². The first-order valence-electron chi connectivity index (χ1n) is 3.54. The standard InChI is InChI=1S/C6H11O6/c7-1-2-3(8)4(9)5(10)6(11)12-2/h2-10H,1H2/q-1/t2-,3+,4+,5-,6-/m1/s1. The second-order valence-electron chi connectivity index (χ2n) is 2.70. The Balaban J connectivity index is 2.63. The van der Waals surface area contributed by atoms with Gasteiger partial charge in [0.25, 0.3) is 0 Å². The summed E-state index contributed by atoms with van der Waals surface area (Å²) in [5.41, 5.74) is 0. The molecule has 0 spiro atoms. The molecule has 6 heteroatoms. The van der Waals surface area contributed by atoms with Gasteiger partial charge in [-0.2, -0.15) is 0 Å². The molecule has 0 aromatic heterocycles. The second-order valence-corrected chi connectivity index (χ2v) is 2.70. The molecule has 0 bridgehead atoms. The van der Waals surface area contributed by atoms with E-state index in [1.165, 1.54) is 0 Å². The van der Waals surface area contributed by atoms with Gasteiger partial charge in [0.1, 0.15) is 18.3 Å². The molecule has 0 saturated carbocycles. The van der Waals surface area contributed by atoms with Gasteiger partial charge in [0.15, 0.2) is 0 Å². The van der Waals surface area contributed by atoms with Crippen LogP contribution in [-0.4, -0.2) is 57.7 Å². The third kappa shape index (κ3) is 1.58. The second kappa shape index (κ2) is 3.65. The molecule has 1 aliphatic heterocycles. The van der Waals surface area contributed by atoms with E-state index in [1.54, 1.807) is 0 Å². The van der Waals surface area contributed by atoms with Gasteiger partial charge in [0.2, 0.25) is 0 Å². The van der Waals surface area contributed by atoms with Crippen LogP contribution >= 0.6 is 0 Å². The van der Waals surface area contributed by atoms with Gasteiger partial charge in [-0.25, -0.2) is 0 Å². The smallest absolute Gasteiger partial charge is 0.111 e. The van der Waals surface area contributed by atoms with Crippen molar-refractivity contribution in [1.82, 2.24) is 0 Å². The summed E-state index contributed by atoms with van der Waals surface area (Å²) in [5, 5.41) is 46.3. The Morgan fingerprint density at radius 2 is 1.67 bits per heavy atom. The van der Waals surface area contributed by atoms with E-state index in [1.807, 2.05) is 0 Å². The Bertz CT molecular complexity index is 146. The van der Waals surface area contributed by atoms with Gasteiger partial charge in [-0.05, 0) is 0 Å². The maximum absolute atomic E-state index is 10.7. The Morgan fingerprint density at radius 3 is 2.17 bits per heavy atom. The third-order valence-electron chi connectivity index (χ3n) is 1.85. The van der Waals surface area contributed by atoms with Gasteiger partial charge < -0.3 is 30.3 Å². The summed E-state index contributed by atoms with van der Waals surface area (Å²) in [6, 6.07) is 0. The molecule has 1 rings (SSSR count). The topological polar surface area (TPSA) is 113 Å². The van der Waals surface area contributed by atoms with Crippen molar-refractivity contribution in [2.24, 2.45) is 0 Å². The Hall–Kier alpha value is -0.240. The molecule has 0 radical (unpaired) electrons. The van der Waals surface area contributed by atoms with Crippen molar-refractivity contribution >= 4 is 0 Å². The molecule has 0 aromatic carbocycles. The van der Waals surface area contributed by atoms with E-state index in [9.17, 15) is 5.11 Å². The monoisotopic (exact) mass is 179 g/mol. The first kappa shape index (κ1) is 9.85. The Morgan fingerprint density at radius 1 is 1.08 bits per heavy atom. The predicted octanol–water partition coefficient (Wildman–Crippen LogP) is -3.85. The van der Waals surface area contributed by atoms with E-state index < -0.39 is 37.3 Å². The minimum Gasteiger partial charge on any atom is -0.829 e. The molecule has 1 fully saturated rings. The Labute approximate surface area is 68.6 Å². The highest BCUT2D eigenvalue weighted by Gasteiger charge is 2.38. The van der Waals surface area contributed by atoms with E-state index >= 15 is 0 Å². The average molecular weight is 179 g/mol. The molecule has 1 saturated heterocycles. The normalized spacial score (nSPS) is 49.2. The summed E-state index contributed by atoms with van der Waals surface area (Å²) in [7, 11) is 0. The van der Waals surface area contributed by atoms with Crippen molar-refractivity contribution in [2.45, 2.75) is 30.7 Å². The average Bonchev–Trinajstić information content (AvgIpc) is 2.08. The molecule has 0 aliphatic carbocycles. The molecule has 1 aliphatic rings. The molecular weight excluding hydrogens is 168 g/mol. The van der Waals surface area contributed by atoms with Crippen LogP contribution in [0, 0.1) is 0 Å². The molecule has 0 aromatic rings. The van der Waals surface area contributed by atoms with Crippen LogP contribution in [0.4, 0.5) is 0 Å². The zero-order valence-electron chi connectivity index (χ0n) is 6.20. The lowest BCUT2D eigenvalue weighted by molar-refractivity contribution is -0.532. The highest BCUT2D eigenvalue weighted by Crippen LogP contribution is 2.17. The number of aliphatic hydroxyl groups is 4. The summed E-state index contributed by atoms with van der Waals surface area (Å²) < 4.78 is 4.46. The fourth-order valence-corrected chi connectivity index (χ4v) is 1.07. The van der Waals surface area contributed by atoms with Crippen molar-refractivity contribution in [3.63, 3.8) is 0 Å². The highest BCUT2D eigenvalue weighted by atomic mass is 16.6. The van der Waals surface area contributed by atoms with Gasteiger partial charge in [-0.15, -0.1) is 0 Å². The third-order valence-corrected chi connectivity index (χ3v) is 1.85. The van der Waals surface area contributed by atoms with Crippen LogP contribution in [0.2, 0.25) is 0 Å². The maximum Gasteiger partial charge on any atom is 0.111 e. The van der Waals surface area contributed by atoms with E-state index in [2.05, 4.69) is 4.74 Å². The molecule has 0 amide bonds. The van der Waals surface area contributed by atoms with E-state index in [4.69, 9.17) is 20.4 Å². The molecule has 6 nitrogen and oxygen atoms in total. The summed E-state index contributed by atoms with van der Waals surface area (Å²) in [4.78, 5) is 0. The lowest BCUT2D eigenvalue weighted by Crippen LogP contribution is -2.62. The number of rotatable bonds is 1. The summed E-state index contributed by atoms with van der Waals surface area (Å²) in [5.74, 6) is 0. The number of ether oxygens (including phenoxy) is 1. The quantitative estimate of drug-likeness (QED) is 0.328. The highest BCUT2D eigenvalue weighted by molar-refractivity contribution is 4.87. The fraction of sp³-hybridized carbons (Fsp3) is 1.00. The van der Waals surface area contributed by atoms with E-state index in [0.717, 1.165) is 0 Å². The van der Waals surface area contributed by atoms with Crippen LogP contribution in [0.5, 0.6) is 0 Å². The van der Waals surface area contributed by atoms with Crippen LogP contribution in [0.25, 0.3) is 0 Å². The zero-order chi connectivity index (χ0) is 9.30. The predicted molar refractivity (Wildman–Crippen MR) is 33.8 cm³/mol. The summed E-state index contributed by atoms with van der Waals surface area (Å²) in [6.07, 6.45) is -7.57. The van der Waals surface area contributed by atoms with Crippen molar-refractivity contribution < 1.29 is 30.3 Å². The molecular formula is C6H11O6-. The molecule has 12 heavy (non-hydrogen) atoms. The zero-order valence-corrected chi connectivity index (χ0v) is 6.20. The molecule has 72 valence electrons. The van der Waals surface area contributed by atoms with Crippen LogP contribution in [0.3, 0.4) is 0 Å². The minimum atomic E-state index is -1.82. The first-order chi connectivity index (χ1) is 5.57. The van der Waals surface area contributed by atoms with E-state index in [0.29, 0.717) is 0 Å². The van der Waals surface area contributed by atoms with E-state index in [-0.39, 0.29) is 0 Å². The van der Waals surface area contributed by atoms with Gasteiger partial charge >= 0.3 is 0 Å². The van der Waals surface area contributed by atoms with Crippen LogP contribution in [0.1, 0.15) is 0 Å². The number of aliphatic hydroxyl groups excluding tert-OH is 4. The fourth-order valence-electron chi connectivity index (χ4n) is 1.07. The Kier molecular flexibility index (Phi) is 2.99. The van der Waals surface area contributed by atoms with Gasteiger partial charge in [-0.1, -0.05) is 0 Å². The lowest BCUT2D eigenvalue weighted by Gasteiger charge is -2.43. The molecule has 5 atom stereocenters. The maximum atomic E-state index is 10.7. The van der Waals surface area contributed by atoms with Crippen LogP contribution in [-0.2, 0) is 4.74 Å². The van der Waals surface area contributed by atoms with Crippen molar-refractivity contribution in [3.05, 3.63) is 0 Å². The SMILES string of the molecule is [O-][C@@H]1O[C@H](CO)[C@H](O)[C@H](O)[C@H]1O. The molecule has 0 unspecified atom stereocenters. The summed E-state index contributed by atoms with van der Waals surface area (Å²) in [6.45, 7) is -0.566. The van der Waals surface area contributed by atoms with Crippen molar-refractivity contribution in [3.8, 4) is 0 Å². The number of hydrogen-bond donors (Lipinski definition) is 4. The lowest BCUT2D eigenvalue weighted by atomic mass is 10.00. The minimum absolute atomic E-state index is 0.566. The van der Waals surface area contributed by atoms with Crippen LogP contribution in [0.15, 0.2) is 0 Å². The summed E-state index contributed by atoms with van der Waals surface area (Å²) >= 11 is 0. The largest absolute Gasteiger partial charge is 0.829 e. The van der Waals surface area contributed by atoms with Gasteiger partial charge in [0.05, 0.1) is 12.7 Å². The molecule has 1 heterocycles. The van der Waals surface area contributed by atoms with Crippen molar-refractivity contribution in [1.29, 1.82) is 0 Å². The van der Waals surface area contributed by atoms with Gasteiger partial charge in [0, 0.05) is 6.29 Å². The number of hydrogen-bond acceptors (Lipinski definition) is 6. The molecule has 4 N–H and O–H groups in total.